The average molecular weight is 222 g/mol. The third kappa shape index (κ3) is 6.08. The lowest BCUT2D eigenvalue weighted by atomic mass is 9.85. The smallest absolute Gasteiger partial charge is 0.250 e. The Balaban J connectivity index is 4.02. The van der Waals surface area contributed by atoms with Crippen molar-refractivity contribution in [3.63, 3.8) is 0 Å². The Morgan fingerprint density at radius 1 is 1.13 bits per heavy atom. The number of alkyl halides is 2. The van der Waals surface area contributed by atoms with Crippen LogP contribution in [0.4, 0.5) is 8.78 Å². The molecule has 0 aromatic carbocycles. The molecule has 0 rings (SSSR count). The number of ether oxygens (including phenoxy) is 1. The molecule has 0 radical (unpaired) electrons. The van der Waals surface area contributed by atoms with Crippen molar-refractivity contribution < 1.29 is 13.5 Å². The molecule has 0 heterocycles. The zero-order valence-electron chi connectivity index (χ0n) is 10.6. The fourth-order valence-electron chi connectivity index (χ4n) is 1.24. The van der Waals surface area contributed by atoms with Gasteiger partial charge in [-0.25, -0.2) is 8.78 Å². The molecule has 0 unspecified atom stereocenters. The van der Waals surface area contributed by atoms with Crippen molar-refractivity contribution in [2.45, 2.75) is 53.4 Å². The molecule has 0 amide bonds. The van der Waals surface area contributed by atoms with Crippen molar-refractivity contribution in [2.24, 2.45) is 11.3 Å². The monoisotopic (exact) mass is 222 g/mol. The van der Waals surface area contributed by atoms with Crippen LogP contribution in [0.1, 0.15) is 47.5 Å². The zero-order chi connectivity index (χ0) is 12.1. The Morgan fingerprint density at radius 3 is 2.07 bits per heavy atom. The quantitative estimate of drug-likeness (QED) is 0.629. The molecule has 0 saturated carbocycles. The van der Waals surface area contributed by atoms with E-state index in [1.165, 1.54) is 0 Å². The first-order valence-corrected chi connectivity index (χ1v) is 5.67. The van der Waals surface area contributed by atoms with Gasteiger partial charge in [0.25, 0.3) is 0 Å². The van der Waals surface area contributed by atoms with Crippen molar-refractivity contribution in [3.05, 3.63) is 0 Å². The Morgan fingerprint density at radius 2 is 1.67 bits per heavy atom. The summed E-state index contributed by atoms with van der Waals surface area (Å²) in [6, 6.07) is 0. The van der Waals surface area contributed by atoms with Crippen molar-refractivity contribution >= 4 is 0 Å². The minimum absolute atomic E-state index is 0.0509. The van der Waals surface area contributed by atoms with E-state index in [4.69, 9.17) is 4.74 Å². The van der Waals surface area contributed by atoms with E-state index in [-0.39, 0.29) is 11.8 Å². The Kier molecular flexibility index (Phi) is 5.71. The molecule has 0 aromatic rings. The first-order valence-electron chi connectivity index (χ1n) is 5.67. The fourth-order valence-corrected chi connectivity index (χ4v) is 1.24. The maximum atomic E-state index is 13.4. The predicted molar refractivity (Wildman–Crippen MR) is 59.3 cm³/mol. The van der Waals surface area contributed by atoms with E-state index in [1.54, 1.807) is 13.8 Å². The summed E-state index contributed by atoms with van der Waals surface area (Å²) in [7, 11) is 0. The third-order valence-corrected chi connectivity index (χ3v) is 2.68. The van der Waals surface area contributed by atoms with E-state index < -0.39 is 11.8 Å². The Labute approximate surface area is 92.2 Å². The molecule has 3 heteroatoms. The van der Waals surface area contributed by atoms with E-state index in [9.17, 15) is 8.78 Å². The van der Waals surface area contributed by atoms with Gasteiger partial charge in [0.15, 0.2) is 0 Å². The Bertz CT molecular complexity index is 176. The van der Waals surface area contributed by atoms with Crippen LogP contribution in [-0.2, 0) is 4.74 Å². The van der Waals surface area contributed by atoms with Gasteiger partial charge >= 0.3 is 0 Å². The van der Waals surface area contributed by atoms with Crippen molar-refractivity contribution in [3.8, 4) is 0 Å². The molecule has 0 atom stereocenters. The second-order valence-corrected chi connectivity index (χ2v) is 5.22. The summed E-state index contributed by atoms with van der Waals surface area (Å²) in [5.41, 5.74) is -0.158. The van der Waals surface area contributed by atoms with Crippen LogP contribution in [0.15, 0.2) is 0 Å². The molecule has 0 bridgehead atoms. The van der Waals surface area contributed by atoms with Gasteiger partial charge in [0, 0.05) is 18.9 Å². The van der Waals surface area contributed by atoms with Crippen LogP contribution in [0.25, 0.3) is 0 Å². The topological polar surface area (TPSA) is 9.23 Å². The average Bonchev–Trinajstić information content (AvgIpc) is 2.12. The molecule has 0 N–H and O–H groups in total. The van der Waals surface area contributed by atoms with Crippen LogP contribution in [0.2, 0.25) is 0 Å². The molecule has 1 nitrogen and oxygen atoms in total. The molecule has 15 heavy (non-hydrogen) atoms. The van der Waals surface area contributed by atoms with Crippen LogP contribution in [0.3, 0.4) is 0 Å². The highest BCUT2D eigenvalue weighted by Gasteiger charge is 2.35. The molecular weight excluding hydrogens is 198 g/mol. The van der Waals surface area contributed by atoms with Crippen LogP contribution in [0.5, 0.6) is 0 Å². The van der Waals surface area contributed by atoms with Crippen LogP contribution < -0.4 is 0 Å². The summed E-state index contributed by atoms with van der Waals surface area (Å²) in [5, 5.41) is 0. The van der Waals surface area contributed by atoms with Gasteiger partial charge in [-0.15, -0.1) is 0 Å². The molecule has 0 aliphatic carbocycles. The van der Waals surface area contributed by atoms with Gasteiger partial charge in [-0.3, -0.25) is 0 Å². The normalized spacial score (nSPS) is 13.6. The fraction of sp³-hybridized carbons (Fsp3) is 1.00. The number of halogens is 2. The largest absolute Gasteiger partial charge is 0.381 e. The van der Waals surface area contributed by atoms with Gasteiger partial charge in [0.1, 0.15) is 0 Å². The third-order valence-electron chi connectivity index (χ3n) is 2.68. The van der Waals surface area contributed by atoms with E-state index in [1.807, 2.05) is 20.8 Å². The molecular formula is C12H24F2O. The molecule has 0 saturated heterocycles. The van der Waals surface area contributed by atoms with E-state index in [0.717, 1.165) is 0 Å². The first kappa shape index (κ1) is 14.8. The lowest BCUT2D eigenvalue weighted by Crippen LogP contribution is -2.28. The van der Waals surface area contributed by atoms with Gasteiger partial charge in [-0.05, 0) is 18.8 Å². The molecule has 0 aliphatic heterocycles. The zero-order valence-corrected chi connectivity index (χ0v) is 10.6. The van der Waals surface area contributed by atoms with Crippen LogP contribution >= 0.6 is 0 Å². The maximum Gasteiger partial charge on any atom is 0.250 e. The summed E-state index contributed by atoms with van der Waals surface area (Å²) >= 11 is 0. The Hall–Kier alpha value is -0.180. The molecule has 92 valence electrons. The standard InChI is InChI=1S/C12H24F2O/c1-6-15-9-11(4,5)7-8-12(13,14)10(2)3/h10H,6-9H2,1-5H3. The number of hydrogen-bond acceptors (Lipinski definition) is 1. The summed E-state index contributed by atoms with van der Waals surface area (Å²) in [4.78, 5) is 0. The summed E-state index contributed by atoms with van der Waals surface area (Å²) in [5.74, 6) is -3.14. The lowest BCUT2D eigenvalue weighted by Gasteiger charge is -2.28. The van der Waals surface area contributed by atoms with E-state index in [2.05, 4.69) is 0 Å². The minimum Gasteiger partial charge on any atom is -0.381 e. The van der Waals surface area contributed by atoms with Crippen molar-refractivity contribution in [1.29, 1.82) is 0 Å². The first-order chi connectivity index (χ1) is 6.71. The molecule has 0 aliphatic rings. The van der Waals surface area contributed by atoms with E-state index in [0.29, 0.717) is 19.6 Å². The maximum absolute atomic E-state index is 13.4. The summed E-state index contributed by atoms with van der Waals surface area (Å²) < 4.78 is 32.0. The molecule has 0 aromatic heterocycles. The van der Waals surface area contributed by atoms with Gasteiger partial charge in [0.05, 0.1) is 6.61 Å². The van der Waals surface area contributed by atoms with Crippen molar-refractivity contribution in [2.75, 3.05) is 13.2 Å². The van der Waals surface area contributed by atoms with Gasteiger partial charge < -0.3 is 4.74 Å². The van der Waals surface area contributed by atoms with Crippen molar-refractivity contribution in [1.82, 2.24) is 0 Å². The lowest BCUT2D eigenvalue weighted by molar-refractivity contribution is -0.0651. The van der Waals surface area contributed by atoms with E-state index >= 15 is 0 Å². The van der Waals surface area contributed by atoms with Gasteiger partial charge in [-0.1, -0.05) is 27.7 Å². The second kappa shape index (κ2) is 5.78. The number of hydrogen-bond donors (Lipinski definition) is 0. The van der Waals surface area contributed by atoms with Gasteiger partial charge in [-0.2, -0.15) is 0 Å². The number of rotatable bonds is 7. The highest BCUT2D eigenvalue weighted by molar-refractivity contribution is 4.76. The summed E-state index contributed by atoms with van der Waals surface area (Å²) in [6.07, 6.45) is 0.447. The van der Waals surface area contributed by atoms with Crippen LogP contribution in [-0.4, -0.2) is 19.1 Å². The minimum atomic E-state index is -2.55. The van der Waals surface area contributed by atoms with Crippen LogP contribution in [0, 0.1) is 11.3 Å². The predicted octanol–water partition coefficient (Wildman–Crippen LogP) is 4.12. The van der Waals surface area contributed by atoms with Gasteiger partial charge in [0.2, 0.25) is 5.92 Å². The summed E-state index contributed by atoms with van der Waals surface area (Å²) in [6.45, 7) is 10.2. The molecule has 0 spiro atoms. The second-order valence-electron chi connectivity index (χ2n) is 5.22. The SMILES string of the molecule is CCOCC(C)(C)CCC(F)(F)C(C)C. The molecule has 0 fully saturated rings. The highest BCUT2D eigenvalue weighted by Crippen LogP contribution is 2.34. The highest BCUT2D eigenvalue weighted by atomic mass is 19.3.